The normalized spacial score (nSPS) is 36.2. The van der Waals surface area contributed by atoms with Gasteiger partial charge in [-0.1, -0.05) is 13.8 Å². The maximum absolute atomic E-state index is 11.2. The third-order valence-electron chi connectivity index (χ3n) is 4.61. The lowest BCUT2D eigenvalue weighted by Gasteiger charge is -2.58. The first kappa shape index (κ1) is 16.6. The first-order valence-corrected chi connectivity index (χ1v) is 7.14. The second-order valence-electron chi connectivity index (χ2n) is 7.19. The van der Waals surface area contributed by atoms with Gasteiger partial charge in [-0.05, 0) is 47.5 Å². The molecular weight excluding hydrogens is 242 g/mol. The molecule has 112 valence electrons. The van der Waals surface area contributed by atoms with Gasteiger partial charge >= 0.3 is 0 Å². The van der Waals surface area contributed by atoms with Crippen LogP contribution in [0.15, 0.2) is 0 Å². The Hall–Kier alpha value is -0.450. The molecule has 3 atom stereocenters. The van der Waals surface area contributed by atoms with Gasteiger partial charge in [0, 0.05) is 17.0 Å². The van der Waals surface area contributed by atoms with Crippen LogP contribution < -0.4 is 0 Å². The van der Waals surface area contributed by atoms with E-state index in [1.54, 1.807) is 13.8 Å². The highest BCUT2D eigenvalue weighted by Gasteiger charge is 2.53. The van der Waals surface area contributed by atoms with E-state index in [2.05, 4.69) is 27.7 Å². The SMILES string of the molecule is CCC1(C)[C@@H](C)[C@@H](O)CC(C)(C)N1OC(C)(C)C=O. The van der Waals surface area contributed by atoms with Crippen LogP contribution in [-0.4, -0.2) is 39.2 Å². The van der Waals surface area contributed by atoms with Gasteiger partial charge < -0.3 is 9.90 Å². The van der Waals surface area contributed by atoms with Crippen molar-refractivity contribution in [2.45, 2.75) is 84.1 Å². The maximum atomic E-state index is 11.2. The largest absolute Gasteiger partial charge is 0.393 e. The standard InChI is InChI=1S/C15H29NO3/c1-8-15(7)11(2)12(18)9-13(3,4)16(15)19-14(5,6)10-17/h10-12,18H,8-9H2,1-7H3/t11-,12-,15?/m0/s1. The van der Waals surface area contributed by atoms with Gasteiger partial charge in [-0.25, -0.2) is 0 Å². The second-order valence-corrected chi connectivity index (χ2v) is 7.19. The molecule has 0 spiro atoms. The van der Waals surface area contributed by atoms with Crippen molar-refractivity contribution in [2.24, 2.45) is 5.92 Å². The summed E-state index contributed by atoms with van der Waals surface area (Å²) in [4.78, 5) is 17.2. The fourth-order valence-electron chi connectivity index (χ4n) is 3.01. The average molecular weight is 271 g/mol. The van der Waals surface area contributed by atoms with Crippen LogP contribution in [0.2, 0.25) is 0 Å². The molecule has 19 heavy (non-hydrogen) atoms. The number of carbonyl (C=O) groups is 1. The number of rotatable bonds is 4. The van der Waals surface area contributed by atoms with Gasteiger partial charge in [0.1, 0.15) is 5.60 Å². The van der Waals surface area contributed by atoms with Gasteiger partial charge in [0.15, 0.2) is 6.29 Å². The minimum Gasteiger partial charge on any atom is -0.393 e. The van der Waals surface area contributed by atoms with Crippen LogP contribution >= 0.6 is 0 Å². The van der Waals surface area contributed by atoms with Gasteiger partial charge in [0.2, 0.25) is 0 Å². The molecule has 1 unspecified atom stereocenters. The van der Waals surface area contributed by atoms with Crippen molar-refractivity contribution < 1.29 is 14.7 Å². The minimum absolute atomic E-state index is 0.0907. The van der Waals surface area contributed by atoms with Crippen molar-refractivity contribution in [1.29, 1.82) is 0 Å². The Labute approximate surface area is 117 Å². The first-order valence-electron chi connectivity index (χ1n) is 7.14. The first-order chi connectivity index (χ1) is 8.50. The number of aliphatic hydroxyl groups excluding tert-OH is 1. The van der Waals surface area contributed by atoms with Crippen LogP contribution in [0.3, 0.4) is 0 Å². The van der Waals surface area contributed by atoms with E-state index in [9.17, 15) is 9.90 Å². The van der Waals surface area contributed by atoms with Crippen LogP contribution in [0.1, 0.15) is 61.3 Å². The Morgan fingerprint density at radius 3 is 2.37 bits per heavy atom. The van der Waals surface area contributed by atoms with E-state index >= 15 is 0 Å². The molecule has 0 aliphatic carbocycles. The molecule has 1 aliphatic rings. The number of carbonyl (C=O) groups excluding carboxylic acids is 1. The fourth-order valence-corrected chi connectivity index (χ4v) is 3.01. The zero-order valence-corrected chi connectivity index (χ0v) is 13.4. The molecule has 1 rings (SSSR count). The number of aldehydes is 1. The highest BCUT2D eigenvalue weighted by molar-refractivity contribution is 5.60. The summed E-state index contributed by atoms with van der Waals surface area (Å²) in [6.45, 7) is 13.9. The Morgan fingerprint density at radius 1 is 1.42 bits per heavy atom. The molecule has 0 bridgehead atoms. The summed E-state index contributed by atoms with van der Waals surface area (Å²) in [5.74, 6) is 0.0907. The highest BCUT2D eigenvalue weighted by atomic mass is 16.7. The lowest BCUT2D eigenvalue weighted by Crippen LogP contribution is -2.68. The lowest BCUT2D eigenvalue weighted by atomic mass is 9.71. The average Bonchev–Trinajstić information content (AvgIpc) is 2.32. The topological polar surface area (TPSA) is 49.8 Å². The van der Waals surface area contributed by atoms with Crippen LogP contribution in [0.25, 0.3) is 0 Å². The minimum atomic E-state index is -0.851. The maximum Gasteiger partial charge on any atom is 0.153 e. The van der Waals surface area contributed by atoms with E-state index < -0.39 is 5.60 Å². The Balaban J connectivity index is 3.17. The molecule has 1 fully saturated rings. The summed E-state index contributed by atoms with van der Waals surface area (Å²) >= 11 is 0. The van der Waals surface area contributed by atoms with Crippen LogP contribution in [0.5, 0.6) is 0 Å². The Kier molecular flexibility index (Phi) is 4.50. The van der Waals surface area contributed by atoms with E-state index in [1.165, 1.54) is 0 Å². The molecule has 4 heteroatoms. The molecule has 1 N–H and O–H groups in total. The van der Waals surface area contributed by atoms with E-state index in [-0.39, 0.29) is 23.1 Å². The molecule has 1 aliphatic heterocycles. The van der Waals surface area contributed by atoms with Crippen LogP contribution in [0, 0.1) is 5.92 Å². The molecule has 0 aromatic rings. The Bertz CT molecular complexity index is 340. The number of hydrogen-bond acceptors (Lipinski definition) is 4. The van der Waals surface area contributed by atoms with E-state index in [1.807, 2.05) is 12.0 Å². The number of aliphatic hydroxyl groups is 1. The van der Waals surface area contributed by atoms with Crippen LogP contribution in [-0.2, 0) is 9.63 Å². The van der Waals surface area contributed by atoms with Gasteiger partial charge in [-0.2, -0.15) is 5.06 Å². The number of piperidine rings is 1. The molecular formula is C15H29NO3. The van der Waals surface area contributed by atoms with Crippen molar-refractivity contribution in [3.05, 3.63) is 0 Å². The van der Waals surface area contributed by atoms with Crippen molar-refractivity contribution in [3.8, 4) is 0 Å². The Morgan fingerprint density at radius 2 is 1.95 bits per heavy atom. The molecule has 0 amide bonds. The van der Waals surface area contributed by atoms with E-state index in [4.69, 9.17) is 4.84 Å². The fraction of sp³-hybridized carbons (Fsp3) is 0.933. The van der Waals surface area contributed by atoms with Gasteiger partial charge in [0.05, 0.1) is 6.10 Å². The van der Waals surface area contributed by atoms with Gasteiger partial charge in [0.25, 0.3) is 0 Å². The summed E-state index contributed by atoms with van der Waals surface area (Å²) in [5.41, 5.74) is -1.45. The summed E-state index contributed by atoms with van der Waals surface area (Å²) in [6, 6.07) is 0. The number of hydroxylamine groups is 2. The predicted molar refractivity (Wildman–Crippen MR) is 75.6 cm³/mol. The smallest absolute Gasteiger partial charge is 0.153 e. The van der Waals surface area contributed by atoms with Gasteiger partial charge in [-0.15, -0.1) is 0 Å². The van der Waals surface area contributed by atoms with Crippen molar-refractivity contribution in [1.82, 2.24) is 5.06 Å². The molecule has 4 nitrogen and oxygen atoms in total. The van der Waals surface area contributed by atoms with Crippen molar-refractivity contribution >= 4 is 6.29 Å². The molecule has 1 saturated heterocycles. The molecule has 0 saturated carbocycles. The van der Waals surface area contributed by atoms with Crippen LogP contribution in [0.4, 0.5) is 0 Å². The second kappa shape index (κ2) is 5.15. The summed E-state index contributed by atoms with van der Waals surface area (Å²) in [5, 5.41) is 12.3. The third kappa shape index (κ3) is 3.01. The number of nitrogens with zero attached hydrogens (tertiary/aromatic N) is 1. The summed E-state index contributed by atoms with van der Waals surface area (Å²) in [6.07, 6.45) is 1.97. The zero-order chi connectivity index (χ0) is 15.1. The predicted octanol–water partition coefficient (Wildman–Crippen LogP) is 2.55. The molecule has 0 radical (unpaired) electrons. The summed E-state index contributed by atoms with van der Waals surface area (Å²) in [7, 11) is 0. The quantitative estimate of drug-likeness (QED) is 0.798. The third-order valence-corrected chi connectivity index (χ3v) is 4.61. The van der Waals surface area contributed by atoms with E-state index in [0.29, 0.717) is 6.42 Å². The monoisotopic (exact) mass is 271 g/mol. The molecule has 0 aromatic heterocycles. The van der Waals surface area contributed by atoms with Crippen molar-refractivity contribution in [2.75, 3.05) is 0 Å². The van der Waals surface area contributed by atoms with Crippen molar-refractivity contribution in [3.63, 3.8) is 0 Å². The highest BCUT2D eigenvalue weighted by Crippen LogP contribution is 2.45. The van der Waals surface area contributed by atoms with E-state index in [0.717, 1.165) is 12.7 Å². The number of hydrogen-bond donors (Lipinski definition) is 1. The molecule has 0 aromatic carbocycles. The zero-order valence-electron chi connectivity index (χ0n) is 13.4. The summed E-state index contributed by atoms with van der Waals surface area (Å²) < 4.78 is 0. The lowest BCUT2D eigenvalue weighted by molar-refractivity contribution is -0.342. The molecule has 1 heterocycles. The van der Waals surface area contributed by atoms with Gasteiger partial charge in [-0.3, -0.25) is 4.84 Å².